The quantitative estimate of drug-likeness (QED) is 0.427. The minimum atomic E-state index is -0.948. The lowest BCUT2D eigenvalue weighted by Gasteiger charge is -2.22. The van der Waals surface area contributed by atoms with Crippen molar-refractivity contribution in [2.24, 2.45) is 0 Å². The number of unbranched alkanes of at least 4 members (excludes halogenated alkanes) is 2. The molecule has 0 saturated heterocycles. The van der Waals surface area contributed by atoms with Crippen molar-refractivity contribution in [1.82, 2.24) is 5.32 Å². The zero-order valence-corrected chi connectivity index (χ0v) is 11.9. The molecule has 20 heavy (non-hydrogen) atoms. The molecule has 0 aliphatic rings. The van der Waals surface area contributed by atoms with E-state index in [2.05, 4.69) is 12.2 Å². The fraction of sp³-hybridized carbons (Fsp3) is 0.533. The topological polar surface area (TPSA) is 95.6 Å². The van der Waals surface area contributed by atoms with E-state index in [0.717, 1.165) is 19.3 Å². The number of rotatable bonds is 8. The van der Waals surface area contributed by atoms with Gasteiger partial charge in [-0.15, -0.1) is 0 Å². The minimum absolute atomic E-state index is 0.146. The monoisotopic (exact) mass is 280 g/mol. The largest absolute Gasteiger partial charge is 0.399 e. The molecular formula is C15H24N2O3. The van der Waals surface area contributed by atoms with Gasteiger partial charge in [0.25, 0.3) is 0 Å². The van der Waals surface area contributed by atoms with Gasteiger partial charge >= 0.3 is 0 Å². The van der Waals surface area contributed by atoms with E-state index in [0.29, 0.717) is 17.7 Å². The van der Waals surface area contributed by atoms with Crippen LogP contribution in [0.2, 0.25) is 0 Å². The predicted octanol–water partition coefficient (Wildman–Crippen LogP) is 1.36. The number of amides is 1. The second-order valence-corrected chi connectivity index (χ2v) is 4.93. The minimum Gasteiger partial charge on any atom is -0.399 e. The van der Waals surface area contributed by atoms with Crippen molar-refractivity contribution in [3.05, 3.63) is 29.8 Å². The number of nitrogens with one attached hydrogen (secondary N) is 1. The van der Waals surface area contributed by atoms with Crippen LogP contribution < -0.4 is 11.1 Å². The van der Waals surface area contributed by atoms with Crippen LogP contribution in [0.5, 0.6) is 0 Å². The highest BCUT2D eigenvalue weighted by Crippen LogP contribution is 2.18. The van der Waals surface area contributed by atoms with Crippen LogP contribution in [-0.2, 0) is 4.79 Å². The van der Waals surface area contributed by atoms with E-state index in [1.54, 1.807) is 24.3 Å². The van der Waals surface area contributed by atoms with Gasteiger partial charge in [0.05, 0.1) is 12.6 Å². The Labute approximate surface area is 119 Å². The Morgan fingerprint density at radius 2 is 1.95 bits per heavy atom. The molecule has 0 saturated carbocycles. The molecule has 2 unspecified atom stereocenters. The lowest BCUT2D eigenvalue weighted by Crippen LogP contribution is -2.41. The molecule has 0 bridgehead atoms. The number of hydrogen-bond acceptors (Lipinski definition) is 4. The van der Waals surface area contributed by atoms with Crippen LogP contribution >= 0.6 is 0 Å². The third kappa shape index (κ3) is 5.19. The van der Waals surface area contributed by atoms with Crippen molar-refractivity contribution in [3.8, 4) is 0 Å². The number of benzene rings is 1. The van der Waals surface area contributed by atoms with Crippen molar-refractivity contribution in [1.29, 1.82) is 0 Å². The Morgan fingerprint density at radius 3 is 2.50 bits per heavy atom. The molecule has 5 nitrogen and oxygen atoms in total. The van der Waals surface area contributed by atoms with E-state index in [1.807, 2.05) is 0 Å². The Bertz CT molecular complexity index is 406. The molecule has 2 atom stereocenters. The van der Waals surface area contributed by atoms with Gasteiger partial charge in [0.1, 0.15) is 6.10 Å². The van der Waals surface area contributed by atoms with Crippen LogP contribution in [0.4, 0.5) is 5.69 Å². The van der Waals surface area contributed by atoms with Gasteiger partial charge < -0.3 is 21.3 Å². The van der Waals surface area contributed by atoms with Gasteiger partial charge in [0, 0.05) is 12.1 Å². The van der Waals surface area contributed by atoms with Crippen LogP contribution in [-0.4, -0.2) is 28.8 Å². The summed E-state index contributed by atoms with van der Waals surface area (Å²) in [5.41, 5.74) is 6.80. The molecule has 1 aromatic carbocycles. The van der Waals surface area contributed by atoms with Crippen LogP contribution in [0.25, 0.3) is 0 Å². The zero-order chi connectivity index (χ0) is 15.0. The van der Waals surface area contributed by atoms with Gasteiger partial charge in [0.15, 0.2) is 0 Å². The molecule has 1 rings (SSSR count). The summed E-state index contributed by atoms with van der Waals surface area (Å²) in [6.45, 7) is 1.75. The summed E-state index contributed by atoms with van der Waals surface area (Å²) in [6, 6.07) is 6.02. The molecule has 0 radical (unpaired) electrons. The van der Waals surface area contributed by atoms with Crippen molar-refractivity contribution < 1.29 is 15.0 Å². The summed E-state index contributed by atoms with van der Waals surface area (Å²) in [5.74, 6) is -0.146. The maximum atomic E-state index is 11.7. The van der Waals surface area contributed by atoms with Gasteiger partial charge in [-0.1, -0.05) is 31.9 Å². The Kier molecular flexibility index (Phi) is 7.04. The smallest absolute Gasteiger partial charge is 0.220 e. The molecule has 0 aromatic heterocycles. The summed E-state index contributed by atoms with van der Waals surface area (Å²) in [6.07, 6.45) is 2.33. The zero-order valence-electron chi connectivity index (χ0n) is 11.9. The number of hydrogen-bond donors (Lipinski definition) is 4. The highest BCUT2D eigenvalue weighted by Gasteiger charge is 2.21. The van der Waals surface area contributed by atoms with Gasteiger partial charge in [-0.05, 0) is 24.1 Å². The first-order valence-corrected chi connectivity index (χ1v) is 7.02. The predicted molar refractivity (Wildman–Crippen MR) is 79.0 cm³/mol. The van der Waals surface area contributed by atoms with Crippen molar-refractivity contribution in [2.75, 3.05) is 12.3 Å². The average molecular weight is 280 g/mol. The summed E-state index contributed by atoms with van der Waals surface area (Å²) < 4.78 is 0. The van der Waals surface area contributed by atoms with Crippen LogP contribution in [0.3, 0.4) is 0 Å². The standard InChI is InChI=1S/C15H24N2O3/c1-2-3-4-5-14(19)17-13(10-18)15(20)11-6-8-12(16)9-7-11/h6-9,13,15,18,20H,2-5,10,16H2,1H3,(H,17,19). The summed E-state index contributed by atoms with van der Waals surface area (Å²) in [5, 5.41) is 22.2. The molecule has 5 heteroatoms. The second kappa shape index (κ2) is 8.55. The second-order valence-electron chi connectivity index (χ2n) is 4.93. The first-order chi connectivity index (χ1) is 9.58. The molecule has 1 aromatic rings. The van der Waals surface area contributed by atoms with Gasteiger partial charge in [0.2, 0.25) is 5.91 Å². The summed E-state index contributed by atoms with van der Waals surface area (Å²) in [4.78, 5) is 11.7. The molecule has 1 amide bonds. The van der Waals surface area contributed by atoms with E-state index in [4.69, 9.17) is 5.73 Å². The third-order valence-corrected chi connectivity index (χ3v) is 3.21. The van der Waals surface area contributed by atoms with E-state index >= 15 is 0 Å². The highest BCUT2D eigenvalue weighted by atomic mass is 16.3. The number of nitrogens with two attached hydrogens (primary N) is 1. The maximum Gasteiger partial charge on any atom is 0.220 e. The van der Waals surface area contributed by atoms with Crippen molar-refractivity contribution in [3.63, 3.8) is 0 Å². The summed E-state index contributed by atoms with van der Waals surface area (Å²) in [7, 11) is 0. The van der Waals surface area contributed by atoms with Crippen LogP contribution in [0.15, 0.2) is 24.3 Å². The fourth-order valence-corrected chi connectivity index (χ4v) is 1.96. The number of aliphatic hydroxyl groups is 2. The molecular weight excluding hydrogens is 256 g/mol. The number of carbonyl (C=O) groups is 1. The number of carbonyl (C=O) groups excluding carboxylic acids is 1. The van der Waals surface area contributed by atoms with E-state index in [-0.39, 0.29) is 12.5 Å². The summed E-state index contributed by atoms with van der Waals surface area (Å²) >= 11 is 0. The SMILES string of the molecule is CCCCCC(=O)NC(CO)C(O)c1ccc(N)cc1. The lowest BCUT2D eigenvalue weighted by atomic mass is 10.0. The number of nitrogen functional groups attached to an aromatic ring is 1. The Morgan fingerprint density at radius 1 is 1.30 bits per heavy atom. The number of aliphatic hydroxyl groups excluding tert-OH is 2. The number of anilines is 1. The first-order valence-electron chi connectivity index (χ1n) is 7.02. The fourth-order valence-electron chi connectivity index (χ4n) is 1.96. The third-order valence-electron chi connectivity index (χ3n) is 3.21. The molecule has 0 heterocycles. The average Bonchev–Trinajstić information content (AvgIpc) is 2.45. The molecule has 0 fully saturated rings. The van der Waals surface area contributed by atoms with E-state index in [1.165, 1.54) is 0 Å². The normalized spacial score (nSPS) is 13.8. The van der Waals surface area contributed by atoms with Gasteiger partial charge in [-0.3, -0.25) is 4.79 Å². The van der Waals surface area contributed by atoms with Crippen molar-refractivity contribution in [2.45, 2.75) is 44.8 Å². The van der Waals surface area contributed by atoms with Crippen molar-refractivity contribution >= 4 is 11.6 Å². The molecule has 5 N–H and O–H groups in total. The molecule has 0 aliphatic heterocycles. The Hall–Kier alpha value is -1.59. The first kappa shape index (κ1) is 16.5. The lowest BCUT2D eigenvalue weighted by molar-refractivity contribution is -0.123. The molecule has 112 valence electrons. The van der Waals surface area contributed by atoms with Gasteiger partial charge in [-0.2, -0.15) is 0 Å². The molecule has 0 aliphatic carbocycles. The maximum absolute atomic E-state index is 11.7. The van der Waals surface area contributed by atoms with E-state index in [9.17, 15) is 15.0 Å². The van der Waals surface area contributed by atoms with Gasteiger partial charge in [-0.25, -0.2) is 0 Å². The van der Waals surface area contributed by atoms with Crippen LogP contribution in [0, 0.1) is 0 Å². The van der Waals surface area contributed by atoms with Crippen LogP contribution in [0.1, 0.15) is 44.3 Å². The molecule has 0 spiro atoms. The Balaban J connectivity index is 2.56. The highest BCUT2D eigenvalue weighted by molar-refractivity contribution is 5.76. The van der Waals surface area contributed by atoms with E-state index < -0.39 is 12.1 Å².